The summed E-state index contributed by atoms with van der Waals surface area (Å²) in [7, 11) is 0. The minimum atomic E-state index is 0.0888. The van der Waals surface area contributed by atoms with Gasteiger partial charge in [0.05, 0.1) is 0 Å². The second kappa shape index (κ2) is 9.42. The summed E-state index contributed by atoms with van der Waals surface area (Å²) >= 11 is 0. The zero-order valence-electron chi connectivity index (χ0n) is 11.7. The number of rotatable bonds is 9. The molecule has 0 unspecified atom stereocenters. The Morgan fingerprint density at radius 2 is 1.76 bits per heavy atom. The standard InChI is InChI=1S/C13H28N2O2/c1-11(2)15(12(3)4)9-8-14-13(17)7-5-6-10-16/h11-12,16H,5-10H2,1-4H3,(H,14,17). The largest absolute Gasteiger partial charge is 0.396 e. The molecule has 0 saturated heterocycles. The molecule has 0 radical (unpaired) electrons. The van der Waals surface area contributed by atoms with Gasteiger partial charge in [-0.15, -0.1) is 0 Å². The van der Waals surface area contributed by atoms with Crippen LogP contribution >= 0.6 is 0 Å². The Morgan fingerprint density at radius 3 is 2.24 bits per heavy atom. The second-order valence-electron chi connectivity index (χ2n) is 4.96. The first-order chi connectivity index (χ1) is 7.99. The molecule has 0 fully saturated rings. The third kappa shape index (κ3) is 8.16. The van der Waals surface area contributed by atoms with Crippen LogP contribution in [-0.4, -0.2) is 47.7 Å². The maximum absolute atomic E-state index is 11.4. The highest BCUT2D eigenvalue weighted by Gasteiger charge is 2.12. The average molecular weight is 244 g/mol. The van der Waals surface area contributed by atoms with E-state index in [1.54, 1.807) is 0 Å². The lowest BCUT2D eigenvalue weighted by Gasteiger charge is -2.30. The molecule has 4 nitrogen and oxygen atoms in total. The lowest BCUT2D eigenvalue weighted by atomic mass is 10.2. The summed E-state index contributed by atoms with van der Waals surface area (Å²) in [6.07, 6.45) is 1.99. The number of aliphatic hydroxyl groups excluding tert-OH is 1. The Balaban J connectivity index is 3.70. The monoisotopic (exact) mass is 244 g/mol. The summed E-state index contributed by atoms with van der Waals surface area (Å²) in [5, 5.41) is 11.5. The highest BCUT2D eigenvalue weighted by molar-refractivity contribution is 5.75. The van der Waals surface area contributed by atoms with E-state index in [9.17, 15) is 4.79 Å². The smallest absolute Gasteiger partial charge is 0.220 e. The van der Waals surface area contributed by atoms with Gasteiger partial charge in [-0.1, -0.05) is 0 Å². The summed E-state index contributed by atoms with van der Waals surface area (Å²) in [5.41, 5.74) is 0. The Labute approximate surface area is 105 Å². The van der Waals surface area contributed by atoms with Crippen molar-refractivity contribution in [3.05, 3.63) is 0 Å². The number of hydrogen-bond acceptors (Lipinski definition) is 3. The maximum atomic E-state index is 11.4. The van der Waals surface area contributed by atoms with E-state index in [0.29, 0.717) is 31.5 Å². The molecule has 0 aliphatic rings. The van der Waals surface area contributed by atoms with Gasteiger partial charge in [-0.05, 0) is 40.5 Å². The molecular weight excluding hydrogens is 216 g/mol. The molecule has 0 saturated carbocycles. The average Bonchev–Trinajstić information content (AvgIpc) is 2.23. The first kappa shape index (κ1) is 16.4. The van der Waals surface area contributed by atoms with Crippen LogP contribution in [0.3, 0.4) is 0 Å². The number of nitrogens with zero attached hydrogens (tertiary/aromatic N) is 1. The Morgan fingerprint density at radius 1 is 1.18 bits per heavy atom. The molecule has 0 spiro atoms. The van der Waals surface area contributed by atoms with E-state index in [1.165, 1.54) is 0 Å². The Kier molecular flexibility index (Phi) is 9.09. The molecule has 0 bridgehead atoms. The van der Waals surface area contributed by atoms with Crippen molar-refractivity contribution in [3.8, 4) is 0 Å². The van der Waals surface area contributed by atoms with Gasteiger partial charge in [0.15, 0.2) is 0 Å². The third-order valence-electron chi connectivity index (χ3n) is 2.83. The zero-order valence-corrected chi connectivity index (χ0v) is 11.7. The maximum Gasteiger partial charge on any atom is 0.220 e. The molecule has 0 aromatic heterocycles. The van der Waals surface area contributed by atoms with Gasteiger partial charge in [0.1, 0.15) is 0 Å². The predicted molar refractivity (Wildman–Crippen MR) is 70.9 cm³/mol. The van der Waals surface area contributed by atoms with Gasteiger partial charge in [-0.3, -0.25) is 9.69 Å². The van der Waals surface area contributed by atoms with Crippen LogP contribution in [0.4, 0.5) is 0 Å². The normalized spacial score (nSPS) is 11.5. The summed E-state index contributed by atoms with van der Waals surface area (Å²) in [4.78, 5) is 13.8. The number of amides is 1. The number of aliphatic hydroxyl groups is 1. The molecule has 1 amide bonds. The molecule has 0 aliphatic heterocycles. The highest BCUT2D eigenvalue weighted by Crippen LogP contribution is 2.03. The molecule has 0 aromatic rings. The van der Waals surface area contributed by atoms with E-state index < -0.39 is 0 Å². The fraction of sp³-hybridized carbons (Fsp3) is 0.923. The van der Waals surface area contributed by atoms with Crippen LogP contribution in [0.1, 0.15) is 47.0 Å². The van der Waals surface area contributed by atoms with Gasteiger partial charge in [0.25, 0.3) is 0 Å². The van der Waals surface area contributed by atoms with Crippen LogP contribution < -0.4 is 5.32 Å². The SMILES string of the molecule is CC(C)N(CCNC(=O)CCCCO)C(C)C. The number of nitrogens with one attached hydrogen (secondary N) is 1. The molecule has 0 atom stereocenters. The number of unbranched alkanes of at least 4 members (excludes halogenated alkanes) is 1. The van der Waals surface area contributed by atoms with Gasteiger partial charge in [0, 0.05) is 38.2 Å². The van der Waals surface area contributed by atoms with Crippen molar-refractivity contribution in [1.82, 2.24) is 10.2 Å². The highest BCUT2D eigenvalue weighted by atomic mass is 16.2. The van der Waals surface area contributed by atoms with Gasteiger partial charge in [0.2, 0.25) is 5.91 Å². The van der Waals surface area contributed by atoms with E-state index in [4.69, 9.17) is 5.11 Å². The van der Waals surface area contributed by atoms with Crippen LogP contribution in [0, 0.1) is 0 Å². The van der Waals surface area contributed by atoms with Crippen molar-refractivity contribution in [1.29, 1.82) is 0 Å². The zero-order chi connectivity index (χ0) is 13.3. The van der Waals surface area contributed by atoms with Crippen LogP contribution in [0.2, 0.25) is 0 Å². The quantitative estimate of drug-likeness (QED) is 0.603. The van der Waals surface area contributed by atoms with Crippen molar-refractivity contribution in [3.63, 3.8) is 0 Å². The third-order valence-corrected chi connectivity index (χ3v) is 2.83. The predicted octanol–water partition coefficient (Wildman–Crippen LogP) is 1.38. The first-order valence-electron chi connectivity index (χ1n) is 6.62. The van der Waals surface area contributed by atoms with Crippen molar-refractivity contribution in [2.45, 2.75) is 59.0 Å². The second-order valence-corrected chi connectivity index (χ2v) is 4.96. The van der Waals surface area contributed by atoms with Crippen LogP contribution in [0.25, 0.3) is 0 Å². The van der Waals surface area contributed by atoms with E-state index in [-0.39, 0.29) is 12.5 Å². The van der Waals surface area contributed by atoms with E-state index in [2.05, 4.69) is 37.9 Å². The molecule has 0 aromatic carbocycles. The van der Waals surface area contributed by atoms with E-state index in [1.807, 2.05) is 0 Å². The van der Waals surface area contributed by atoms with Crippen molar-refractivity contribution in [2.75, 3.05) is 19.7 Å². The molecular formula is C13H28N2O2. The van der Waals surface area contributed by atoms with Crippen LogP contribution in [0.15, 0.2) is 0 Å². The summed E-state index contributed by atoms with van der Waals surface area (Å²) in [6, 6.07) is 1.00. The van der Waals surface area contributed by atoms with E-state index >= 15 is 0 Å². The molecule has 2 N–H and O–H groups in total. The fourth-order valence-corrected chi connectivity index (χ4v) is 1.92. The minimum Gasteiger partial charge on any atom is -0.396 e. The van der Waals surface area contributed by atoms with Crippen molar-refractivity contribution >= 4 is 5.91 Å². The molecule has 0 rings (SSSR count). The van der Waals surface area contributed by atoms with Gasteiger partial charge in [-0.25, -0.2) is 0 Å². The molecule has 4 heteroatoms. The topological polar surface area (TPSA) is 52.6 Å². The molecule has 102 valence electrons. The van der Waals surface area contributed by atoms with Crippen molar-refractivity contribution in [2.24, 2.45) is 0 Å². The molecule has 0 heterocycles. The van der Waals surface area contributed by atoms with E-state index in [0.717, 1.165) is 13.0 Å². The number of carbonyl (C=O) groups is 1. The van der Waals surface area contributed by atoms with Gasteiger partial charge >= 0.3 is 0 Å². The van der Waals surface area contributed by atoms with Crippen LogP contribution in [0.5, 0.6) is 0 Å². The Bertz CT molecular complexity index is 198. The lowest BCUT2D eigenvalue weighted by Crippen LogP contribution is -2.42. The summed E-state index contributed by atoms with van der Waals surface area (Å²) < 4.78 is 0. The number of carbonyl (C=O) groups excluding carboxylic acids is 1. The molecule has 0 aliphatic carbocycles. The van der Waals surface area contributed by atoms with Crippen LogP contribution in [-0.2, 0) is 4.79 Å². The summed E-state index contributed by atoms with van der Waals surface area (Å²) in [6.45, 7) is 10.4. The molecule has 17 heavy (non-hydrogen) atoms. The first-order valence-corrected chi connectivity index (χ1v) is 6.62. The lowest BCUT2D eigenvalue weighted by molar-refractivity contribution is -0.121. The van der Waals surface area contributed by atoms with Gasteiger partial charge < -0.3 is 10.4 Å². The minimum absolute atomic E-state index is 0.0888. The summed E-state index contributed by atoms with van der Waals surface area (Å²) in [5.74, 6) is 0.0888. The van der Waals surface area contributed by atoms with Gasteiger partial charge in [-0.2, -0.15) is 0 Å². The number of hydrogen-bond donors (Lipinski definition) is 2. The fourth-order valence-electron chi connectivity index (χ4n) is 1.92. The Hall–Kier alpha value is -0.610. The van der Waals surface area contributed by atoms with Crippen molar-refractivity contribution < 1.29 is 9.90 Å².